The first-order valence-corrected chi connectivity index (χ1v) is 10.7. The van der Waals surface area contributed by atoms with Crippen LogP contribution in [0.2, 0.25) is 5.02 Å². The lowest BCUT2D eigenvalue weighted by molar-refractivity contribution is -0.137. The van der Waals surface area contributed by atoms with E-state index in [2.05, 4.69) is 12.2 Å². The van der Waals surface area contributed by atoms with Crippen molar-refractivity contribution < 1.29 is 18.3 Å². The Labute approximate surface area is 189 Å². The summed E-state index contributed by atoms with van der Waals surface area (Å²) in [6.07, 6.45) is -3.56. The van der Waals surface area contributed by atoms with E-state index in [4.69, 9.17) is 16.6 Å². The normalized spacial score (nSPS) is 19.0. The summed E-state index contributed by atoms with van der Waals surface area (Å²) < 4.78 is 39.0. The van der Waals surface area contributed by atoms with Crippen molar-refractivity contribution in [1.29, 1.82) is 0 Å². The molecule has 1 aliphatic heterocycles. The third-order valence-corrected chi connectivity index (χ3v) is 5.89. The van der Waals surface area contributed by atoms with Crippen LogP contribution in [0.1, 0.15) is 53.4 Å². The summed E-state index contributed by atoms with van der Waals surface area (Å²) in [6, 6.07) is 17.6. The topological polar surface area (TPSA) is 44.6 Å². The highest BCUT2D eigenvalue weighted by Gasteiger charge is 2.31. The van der Waals surface area contributed by atoms with E-state index < -0.39 is 17.9 Å². The number of aliphatic imine (C=N–C) groups is 1. The molecule has 0 radical (unpaired) electrons. The molecule has 32 heavy (non-hydrogen) atoms. The number of aryl methyl sites for hydroxylation is 1. The van der Waals surface area contributed by atoms with Gasteiger partial charge in [0.05, 0.1) is 5.56 Å². The first-order valence-electron chi connectivity index (χ1n) is 10.3. The van der Waals surface area contributed by atoms with Crippen molar-refractivity contribution in [2.45, 2.75) is 38.1 Å². The summed E-state index contributed by atoms with van der Waals surface area (Å²) in [7, 11) is 0. The van der Waals surface area contributed by atoms with Gasteiger partial charge in [0.1, 0.15) is 11.9 Å². The lowest BCUT2D eigenvalue weighted by Gasteiger charge is -2.31. The molecule has 0 saturated carbocycles. The van der Waals surface area contributed by atoms with Crippen molar-refractivity contribution in [1.82, 2.24) is 5.32 Å². The molecule has 1 aliphatic rings. The van der Waals surface area contributed by atoms with Crippen LogP contribution in [-0.2, 0) is 12.6 Å². The van der Waals surface area contributed by atoms with Crippen LogP contribution < -0.4 is 5.32 Å². The van der Waals surface area contributed by atoms with Gasteiger partial charge in [0.15, 0.2) is 0 Å². The number of hydrogen-bond donors (Lipinski definition) is 2. The Morgan fingerprint density at radius 2 is 1.72 bits per heavy atom. The summed E-state index contributed by atoms with van der Waals surface area (Å²) in [5.41, 5.74) is 3.46. The number of rotatable bonds is 4. The lowest BCUT2D eigenvalue weighted by Crippen LogP contribution is -2.33. The third-order valence-electron chi connectivity index (χ3n) is 5.66. The molecule has 0 aromatic heterocycles. The van der Waals surface area contributed by atoms with Gasteiger partial charge in [-0.2, -0.15) is 13.2 Å². The van der Waals surface area contributed by atoms with Crippen LogP contribution in [-0.4, -0.2) is 10.8 Å². The Kier molecular flexibility index (Phi) is 6.26. The largest absolute Gasteiger partial charge is 0.508 e. The second-order valence-electron chi connectivity index (χ2n) is 7.78. The first-order chi connectivity index (χ1) is 15.2. The van der Waals surface area contributed by atoms with Crippen LogP contribution in [0.4, 0.5) is 13.2 Å². The van der Waals surface area contributed by atoms with E-state index in [0.717, 1.165) is 29.8 Å². The van der Waals surface area contributed by atoms with E-state index >= 15 is 0 Å². The van der Waals surface area contributed by atoms with E-state index in [1.165, 1.54) is 23.8 Å². The predicted octanol–water partition coefficient (Wildman–Crippen LogP) is 6.85. The molecule has 0 spiro atoms. The van der Waals surface area contributed by atoms with Crippen LogP contribution >= 0.6 is 11.6 Å². The fourth-order valence-corrected chi connectivity index (χ4v) is 4.02. The quantitative estimate of drug-likeness (QED) is 0.449. The molecule has 0 aliphatic carbocycles. The van der Waals surface area contributed by atoms with Crippen molar-refractivity contribution >= 4 is 17.3 Å². The summed E-state index contributed by atoms with van der Waals surface area (Å²) >= 11 is 6.16. The molecule has 0 fully saturated rings. The number of nitrogens with one attached hydrogen (secondary N) is 1. The smallest absolute Gasteiger partial charge is 0.416 e. The summed E-state index contributed by atoms with van der Waals surface area (Å²) in [4.78, 5) is 4.81. The van der Waals surface area contributed by atoms with Crippen molar-refractivity contribution in [3.8, 4) is 5.75 Å². The van der Waals surface area contributed by atoms with Crippen LogP contribution in [0.25, 0.3) is 0 Å². The minimum atomic E-state index is -4.40. The fraction of sp³-hybridized carbons (Fsp3) is 0.240. The minimum Gasteiger partial charge on any atom is -0.508 e. The number of phenols is 1. The maximum atomic E-state index is 13.0. The van der Waals surface area contributed by atoms with Gasteiger partial charge in [0.2, 0.25) is 0 Å². The SMILES string of the molecule is CCc1ccc(C2=N[C@@H](c3ccc(C(F)(F)F)cc3)N[C@@H](c3cc(Cl)ccc3O)C2)cc1. The van der Waals surface area contributed by atoms with Gasteiger partial charge in [-0.3, -0.25) is 10.3 Å². The summed E-state index contributed by atoms with van der Waals surface area (Å²) in [6.45, 7) is 2.08. The molecule has 1 heterocycles. The van der Waals surface area contributed by atoms with Crippen LogP contribution in [0.5, 0.6) is 5.75 Å². The molecular formula is C25H22ClF3N2O. The molecule has 4 rings (SSSR count). The van der Waals surface area contributed by atoms with Crippen molar-refractivity contribution in [2.75, 3.05) is 0 Å². The standard InChI is InChI=1S/C25H22ClF3N2O/c1-2-15-3-5-16(6-4-15)21-14-22(20-13-19(26)11-12-23(20)32)31-24(30-21)17-7-9-18(10-8-17)25(27,28)29/h3-13,22,24,31-32H,2,14H2,1H3/t22-,24-/m1/s1. The zero-order valence-electron chi connectivity index (χ0n) is 17.3. The molecule has 0 saturated heterocycles. The average Bonchev–Trinajstić information content (AvgIpc) is 2.80. The van der Waals surface area contributed by atoms with Crippen LogP contribution in [0, 0.1) is 0 Å². The molecule has 3 aromatic carbocycles. The number of aromatic hydroxyl groups is 1. The molecule has 2 N–H and O–H groups in total. The third kappa shape index (κ3) is 4.81. The highest BCUT2D eigenvalue weighted by atomic mass is 35.5. The molecule has 0 amide bonds. The highest BCUT2D eigenvalue weighted by Crippen LogP contribution is 2.36. The number of nitrogens with zero attached hydrogens (tertiary/aromatic N) is 1. The molecular weight excluding hydrogens is 437 g/mol. The van der Waals surface area contributed by atoms with E-state index in [9.17, 15) is 18.3 Å². The Bertz CT molecular complexity index is 1130. The molecule has 3 nitrogen and oxygen atoms in total. The number of benzene rings is 3. The first kappa shape index (κ1) is 22.4. The Morgan fingerprint density at radius 3 is 2.34 bits per heavy atom. The molecule has 0 unspecified atom stereocenters. The van der Waals surface area contributed by atoms with Crippen LogP contribution in [0.3, 0.4) is 0 Å². The molecule has 3 aromatic rings. The van der Waals surface area contributed by atoms with E-state index in [-0.39, 0.29) is 11.8 Å². The van der Waals surface area contributed by atoms with Crippen LogP contribution in [0.15, 0.2) is 71.7 Å². The van der Waals surface area contributed by atoms with E-state index in [0.29, 0.717) is 22.6 Å². The summed E-state index contributed by atoms with van der Waals surface area (Å²) in [5, 5.41) is 14.3. The van der Waals surface area contributed by atoms with Gasteiger partial charge in [0, 0.05) is 28.8 Å². The Hall–Kier alpha value is -2.83. The van der Waals surface area contributed by atoms with Gasteiger partial charge in [-0.15, -0.1) is 0 Å². The predicted molar refractivity (Wildman–Crippen MR) is 120 cm³/mol. The maximum absolute atomic E-state index is 13.0. The fourth-order valence-electron chi connectivity index (χ4n) is 3.84. The maximum Gasteiger partial charge on any atom is 0.416 e. The van der Waals surface area contributed by atoms with Crippen molar-refractivity contribution in [3.05, 3.63) is 99.6 Å². The van der Waals surface area contributed by atoms with Gasteiger partial charge in [0.25, 0.3) is 0 Å². The monoisotopic (exact) mass is 458 g/mol. The lowest BCUT2D eigenvalue weighted by atomic mass is 9.93. The van der Waals surface area contributed by atoms with E-state index in [1.54, 1.807) is 12.1 Å². The van der Waals surface area contributed by atoms with Gasteiger partial charge in [-0.05, 0) is 53.4 Å². The van der Waals surface area contributed by atoms with Crippen molar-refractivity contribution in [3.63, 3.8) is 0 Å². The van der Waals surface area contributed by atoms with E-state index in [1.807, 2.05) is 24.3 Å². The average molecular weight is 459 g/mol. The Balaban J connectivity index is 1.73. The number of alkyl halides is 3. The van der Waals surface area contributed by atoms with Gasteiger partial charge in [-0.1, -0.05) is 54.9 Å². The second kappa shape index (κ2) is 8.96. The van der Waals surface area contributed by atoms with Gasteiger partial charge >= 0.3 is 6.18 Å². The number of phenolic OH excluding ortho intramolecular Hbond substituents is 1. The summed E-state index contributed by atoms with van der Waals surface area (Å²) in [5.74, 6) is 0.0978. The zero-order valence-corrected chi connectivity index (χ0v) is 18.1. The van der Waals surface area contributed by atoms with Gasteiger partial charge in [-0.25, -0.2) is 0 Å². The van der Waals surface area contributed by atoms with Crippen molar-refractivity contribution in [2.24, 2.45) is 4.99 Å². The number of hydrogen-bond acceptors (Lipinski definition) is 3. The van der Waals surface area contributed by atoms with Gasteiger partial charge < -0.3 is 5.11 Å². The molecule has 2 atom stereocenters. The molecule has 0 bridgehead atoms. The number of halogens is 4. The second-order valence-corrected chi connectivity index (χ2v) is 8.21. The minimum absolute atomic E-state index is 0.0978. The molecule has 7 heteroatoms. The Morgan fingerprint density at radius 1 is 1.03 bits per heavy atom. The highest BCUT2D eigenvalue weighted by molar-refractivity contribution is 6.30. The molecule has 166 valence electrons. The zero-order chi connectivity index (χ0) is 22.9.